The van der Waals surface area contributed by atoms with Gasteiger partial charge in [0, 0.05) is 5.92 Å². The van der Waals surface area contributed by atoms with Crippen LogP contribution in [0.1, 0.15) is 24.4 Å². The summed E-state index contributed by atoms with van der Waals surface area (Å²) in [5, 5.41) is 32.8. The van der Waals surface area contributed by atoms with Crippen molar-refractivity contribution in [1.29, 1.82) is 0 Å². The molecule has 0 spiro atoms. The highest BCUT2D eigenvalue weighted by atomic mass is 31.2. The van der Waals surface area contributed by atoms with Gasteiger partial charge >= 0.3 is 7.82 Å². The predicted molar refractivity (Wildman–Crippen MR) is 76.5 cm³/mol. The number of phosphoric acid groups is 1. The summed E-state index contributed by atoms with van der Waals surface area (Å²) in [6.07, 6.45) is -0.548. The molecule has 1 aromatic heterocycles. The number of aliphatic imine (C=N–C) groups is 1. The first-order valence-corrected chi connectivity index (χ1v) is 8.40. The minimum atomic E-state index is -4.65. The molecule has 1 fully saturated rings. The van der Waals surface area contributed by atoms with E-state index in [1.807, 2.05) is 0 Å². The molecule has 0 saturated heterocycles. The molecule has 0 radical (unpaired) electrons. The van der Waals surface area contributed by atoms with Crippen LogP contribution in [-0.2, 0) is 9.09 Å². The first kappa shape index (κ1) is 16.5. The van der Waals surface area contributed by atoms with Crippen LogP contribution in [0.3, 0.4) is 0 Å². The van der Waals surface area contributed by atoms with Crippen molar-refractivity contribution in [2.24, 2.45) is 10.9 Å². The van der Waals surface area contributed by atoms with E-state index in [-0.39, 0.29) is 13.0 Å². The van der Waals surface area contributed by atoms with Crippen LogP contribution < -0.4 is 5.32 Å². The maximum Gasteiger partial charge on any atom is 0.469 e. The number of hydrogen-bond donors (Lipinski definition) is 6. The maximum absolute atomic E-state index is 10.8. The number of imidazole rings is 1. The van der Waals surface area contributed by atoms with E-state index in [2.05, 4.69) is 19.8 Å². The minimum Gasteiger partial charge on any atom is -0.390 e. The molecule has 3 rings (SSSR count). The molecule has 0 amide bonds. The molecule has 1 saturated carbocycles. The highest BCUT2D eigenvalue weighted by Gasteiger charge is 2.44. The van der Waals surface area contributed by atoms with Gasteiger partial charge in [-0.25, -0.2) is 14.5 Å². The van der Waals surface area contributed by atoms with Gasteiger partial charge in [0.05, 0.1) is 31.4 Å². The second-order valence-corrected chi connectivity index (χ2v) is 6.75. The molecular weight excluding hydrogens is 331 g/mol. The molecule has 128 valence electrons. The summed E-state index contributed by atoms with van der Waals surface area (Å²) < 4.78 is 16.8. The molecular formula is C11H17N4O7P. The number of fused-ring (bicyclic) bond motifs is 1. The molecule has 12 heteroatoms. The third kappa shape index (κ3) is 3.17. The lowest BCUT2D eigenvalue weighted by Crippen LogP contribution is -2.31. The van der Waals surface area contributed by atoms with E-state index < -0.39 is 38.2 Å². The molecule has 1 aliphatic heterocycles. The second-order valence-electron chi connectivity index (χ2n) is 5.51. The fourth-order valence-corrected chi connectivity index (χ4v) is 3.32. The van der Waals surface area contributed by atoms with Gasteiger partial charge in [-0.15, -0.1) is 0 Å². The molecule has 2 aliphatic rings. The second kappa shape index (κ2) is 5.95. The Morgan fingerprint density at radius 2 is 2.09 bits per heavy atom. The maximum atomic E-state index is 10.8. The highest BCUT2D eigenvalue weighted by molar-refractivity contribution is 7.46. The zero-order valence-corrected chi connectivity index (χ0v) is 12.7. The van der Waals surface area contributed by atoms with Gasteiger partial charge in [-0.05, 0) is 6.42 Å². The van der Waals surface area contributed by atoms with Crippen molar-refractivity contribution in [2.75, 3.05) is 11.9 Å². The Kier molecular flexibility index (Phi) is 4.27. The fraction of sp³-hybridized carbons (Fsp3) is 0.636. The van der Waals surface area contributed by atoms with Crippen LogP contribution >= 0.6 is 7.82 Å². The van der Waals surface area contributed by atoms with Crippen molar-refractivity contribution in [2.45, 2.75) is 30.9 Å². The number of aliphatic hydroxyl groups excluding tert-OH is 3. The van der Waals surface area contributed by atoms with Crippen LogP contribution in [-0.4, -0.2) is 59.8 Å². The Bertz CT molecular complexity index is 659. The monoisotopic (exact) mass is 348 g/mol. The number of hydrogen-bond acceptors (Lipinski definition) is 8. The van der Waals surface area contributed by atoms with Crippen molar-refractivity contribution in [3.63, 3.8) is 0 Å². The largest absolute Gasteiger partial charge is 0.469 e. The quantitative estimate of drug-likeness (QED) is 0.363. The highest BCUT2D eigenvalue weighted by Crippen LogP contribution is 2.42. The van der Waals surface area contributed by atoms with Gasteiger partial charge in [0.25, 0.3) is 0 Å². The van der Waals surface area contributed by atoms with E-state index in [1.165, 1.54) is 12.7 Å². The molecule has 1 aliphatic carbocycles. The van der Waals surface area contributed by atoms with Gasteiger partial charge in [-0.3, -0.25) is 4.52 Å². The topological polar surface area (TPSA) is 170 Å². The van der Waals surface area contributed by atoms with Gasteiger partial charge in [0.2, 0.25) is 0 Å². The summed E-state index contributed by atoms with van der Waals surface area (Å²) >= 11 is 0. The van der Waals surface area contributed by atoms with E-state index >= 15 is 0 Å². The van der Waals surface area contributed by atoms with Gasteiger partial charge < -0.3 is 35.0 Å². The van der Waals surface area contributed by atoms with Crippen LogP contribution in [0.2, 0.25) is 0 Å². The Labute approximate surface area is 130 Å². The molecule has 2 heterocycles. The van der Waals surface area contributed by atoms with Gasteiger partial charge in [-0.2, -0.15) is 0 Å². The van der Waals surface area contributed by atoms with Gasteiger partial charge in [0.1, 0.15) is 17.6 Å². The molecule has 23 heavy (non-hydrogen) atoms. The first-order valence-electron chi connectivity index (χ1n) is 6.87. The van der Waals surface area contributed by atoms with Gasteiger partial charge in [-0.1, -0.05) is 0 Å². The minimum absolute atomic E-state index is 0.222. The third-order valence-corrected chi connectivity index (χ3v) is 4.55. The number of nitrogens with zero attached hydrogens (tertiary/aromatic N) is 3. The molecule has 0 bridgehead atoms. The average Bonchev–Trinajstić information content (AvgIpc) is 3.01. The van der Waals surface area contributed by atoms with E-state index in [4.69, 9.17) is 9.79 Å². The standard InChI is InChI=1S/C11H17N4O7P/c16-8-5(2-22-23(19,20)21)1-6(9(8)17)15-4-14-7-10(15)12-3-13-11(7)18/h3-6,8-9,11,16-18H,1-2H2,(H,12,13)(H2,19,20,21)/t5-,6-,8-,9+,11+/m1/s1. The fourth-order valence-electron chi connectivity index (χ4n) is 2.94. The number of aromatic nitrogens is 2. The summed E-state index contributed by atoms with van der Waals surface area (Å²) in [7, 11) is -4.65. The number of aliphatic hydroxyl groups is 3. The normalized spacial score (nSPS) is 33.5. The lowest BCUT2D eigenvalue weighted by atomic mass is 10.1. The Morgan fingerprint density at radius 1 is 1.35 bits per heavy atom. The lowest BCUT2D eigenvalue weighted by molar-refractivity contribution is -0.00391. The molecule has 5 atom stereocenters. The average molecular weight is 348 g/mol. The van der Waals surface area contributed by atoms with Crippen molar-refractivity contribution in [3.8, 4) is 0 Å². The zero-order valence-electron chi connectivity index (χ0n) is 11.8. The van der Waals surface area contributed by atoms with Crippen molar-refractivity contribution >= 4 is 20.0 Å². The molecule has 1 aromatic rings. The summed E-state index contributed by atoms with van der Waals surface area (Å²) in [5.74, 6) is -0.205. The van der Waals surface area contributed by atoms with Crippen LogP contribution in [0.4, 0.5) is 5.82 Å². The number of nitrogens with one attached hydrogen (secondary N) is 1. The Balaban J connectivity index is 1.78. The summed E-state index contributed by atoms with van der Waals surface area (Å²) in [6, 6.07) is -0.585. The molecule has 11 nitrogen and oxygen atoms in total. The molecule has 0 aromatic carbocycles. The van der Waals surface area contributed by atoms with E-state index in [1.54, 1.807) is 4.57 Å². The Hall–Kier alpha value is -1.33. The zero-order chi connectivity index (χ0) is 16.8. The summed E-state index contributed by atoms with van der Waals surface area (Å²) in [4.78, 5) is 25.3. The Morgan fingerprint density at radius 3 is 2.78 bits per heavy atom. The first-order chi connectivity index (χ1) is 10.8. The van der Waals surface area contributed by atoms with Crippen LogP contribution in [0.5, 0.6) is 0 Å². The lowest BCUT2D eigenvalue weighted by Gasteiger charge is -2.22. The SMILES string of the molecule is O=P(O)(O)OC[C@H]1C[C@@H](n2cnc3c2NC=N[C@H]3O)[C@H](O)[C@@H]1O. The smallest absolute Gasteiger partial charge is 0.390 e. The summed E-state index contributed by atoms with van der Waals surface area (Å²) in [6.45, 7) is -0.382. The van der Waals surface area contributed by atoms with E-state index in [9.17, 15) is 19.9 Å². The van der Waals surface area contributed by atoms with Gasteiger partial charge in [0.15, 0.2) is 6.23 Å². The van der Waals surface area contributed by atoms with Crippen LogP contribution in [0.15, 0.2) is 11.3 Å². The molecule has 6 N–H and O–H groups in total. The van der Waals surface area contributed by atoms with Crippen molar-refractivity contribution in [1.82, 2.24) is 9.55 Å². The van der Waals surface area contributed by atoms with Crippen molar-refractivity contribution in [3.05, 3.63) is 12.0 Å². The molecule has 0 unspecified atom stereocenters. The van der Waals surface area contributed by atoms with Crippen LogP contribution in [0, 0.1) is 5.92 Å². The number of anilines is 1. The third-order valence-electron chi connectivity index (χ3n) is 4.07. The van der Waals surface area contributed by atoms with E-state index in [0.717, 1.165) is 0 Å². The van der Waals surface area contributed by atoms with Crippen molar-refractivity contribution < 1.29 is 34.2 Å². The van der Waals surface area contributed by atoms with E-state index in [0.29, 0.717) is 11.5 Å². The number of phosphoric ester groups is 1. The number of rotatable bonds is 4. The van der Waals surface area contributed by atoms with Crippen LogP contribution in [0.25, 0.3) is 0 Å². The predicted octanol–water partition coefficient (Wildman–Crippen LogP) is -1.28. The summed E-state index contributed by atoms with van der Waals surface area (Å²) in [5.41, 5.74) is 0.295.